The van der Waals surface area contributed by atoms with Crippen molar-refractivity contribution >= 4 is 33.6 Å². The lowest BCUT2D eigenvalue weighted by atomic mass is 10.0. The molecule has 0 aliphatic heterocycles. The van der Waals surface area contributed by atoms with E-state index in [4.69, 9.17) is 32.3 Å². The number of aliphatic hydroxyl groups is 2. The van der Waals surface area contributed by atoms with Crippen LogP contribution >= 0.6 is 15.6 Å². The summed E-state index contributed by atoms with van der Waals surface area (Å²) in [5.41, 5.74) is 0. The topological polar surface area (TPSA) is 231 Å². The summed E-state index contributed by atoms with van der Waals surface area (Å²) in [4.78, 5) is 58.6. The largest absolute Gasteiger partial charge is 0.472 e. The molecule has 105 heavy (non-hydrogen) atoms. The van der Waals surface area contributed by atoms with Crippen LogP contribution in [0.1, 0.15) is 316 Å². The van der Waals surface area contributed by atoms with Crippen LogP contribution in [0.15, 0.2) is 158 Å². The third-order valence-corrected chi connectivity index (χ3v) is 18.6. The Hall–Kier alpha value is -4.83. The number of allylic oxidation sites excluding steroid dienone is 26. The van der Waals surface area contributed by atoms with E-state index in [9.17, 15) is 43.5 Å². The standard InChI is InChI=1S/C87H146O16P2/c1-4-7-10-13-16-19-22-25-28-30-32-33-34-35-36-37-38-39-40-41-42-43-44-45-46-47-49-51-53-55-58-61-64-67-70-73-85(90)97-76-82(88)77-99-104(93,94)100-78-83(89)79-101-105(95,96)102-81-84(103-87(92)75-72-69-66-63-60-57-52-27-24-21-18-15-12-9-6-3)80-98-86(91)74-71-68-65-62-59-56-54-50-48-31-29-26-23-20-17-14-11-8-5-2/h8-9,11-12,16-21,25-29,32-33,35-36,48,50,52,56,59,65,68,82-84,88-89H,4-7,10,13-15,22-24,30-31,34,37-47,49,51,53-55,57-58,60-64,66-67,69-81H2,1-3H3,(H,93,94)(H,95,96)/b11-8-,12-9-,19-16-,20-17-,21-18-,28-25-,29-26-,33-32-,36-35-,50-48-,52-27-,59-56-,68-65-. The summed E-state index contributed by atoms with van der Waals surface area (Å²) in [5.74, 6) is -1.70. The van der Waals surface area contributed by atoms with E-state index in [1.165, 1.54) is 128 Å². The molecule has 16 nitrogen and oxygen atoms in total. The molecular weight excluding hydrogens is 1360 g/mol. The van der Waals surface area contributed by atoms with E-state index >= 15 is 0 Å². The number of carbonyl (C=O) groups excluding carboxylic acids is 3. The molecule has 0 saturated heterocycles. The van der Waals surface area contributed by atoms with E-state index < -0.39 is 91.5 Å². The van der Waals surface area contributed by atoms with Crippen LogP contribution in [0.4, 0.5) is 0 Å². The third-order valence-electron chi connectivity index (χ3n) is 16.7. The first-order valence-electron chi connectivity index (χ1n) is 40.8. The Balaban J connectivity index is 4.45. The predicted molar refractivity (Wildman–Crippen MR) is 435 cm³/mol. The molecule has 0 aliphatic carbocycles. The van der Waals surface area contributed by atoms with E-state index in [0.29, 0.717) is 25.7 Å². The first kappa shape index (κ1) is 100. The minimum absolute atomic E-state index is 0.0365. The fraction of sp³-hybridized carbons (Fsp3) is 0.667. The minimum atomic E-state index is -4.95. The summed E-state index contributed by atoms with van der Waals surface area (Å²) in [7, 11) is -9.82. The average Bonchev–Trinajstić information content (AvgIpc) is 0.913. The second-order valence-electron chi connectivity index (χ2n) is 26.8. The number of unbranched alkanes of at least 4 members (excludes halogenated alkanes) is 27. The summed E-state index contributed by atoms with van der Waals surface area (Å²) < 4.78 is 61.0. The maximum absolute atomic E-state index is 12.9. The van der Waals surface area contributed by atoms with Crippen molar-refractivity contribution in [1.29, 1.82) is 0 Å². The average molecular weight is 1510 g/mol. The van der Waals surface area contributed by atoms with Gasteiger partial charge in [0.1, 0.15) is 25.4 Å². The second kappa shape index (κ2) is 78.7. The van der Waals surface area contributed by atoms with Crippen LogP contribution in [-0.4, -0.2) is 95.9 Å². The Morgan fingerprint density at radius 1 is 0.276 bits per heavy atom. The molecule has 0 fully saturated rings. The highest BCUT2D eigenvalue weighted by molar-refractivity contribution is 7.47. The summed E-state index contributed by atoms with van der Waals surface area (Å²) in [6.45, 7) is 2.31. The second-order valence-corrected chi connectivity index (χ2v) is 29.7. The van der Waals surface area contributed by atoms with Gasteiger partial charge in [-0.2, -0.15) is 0 Å². The highest BCUT2D eigenvalue weighted by atomic mass is 31.2. The van der Waals surface area contributed by atoms with E-state index in [1.54, 1.807) is 0 Å². The molecule has 4 N–H and O–H groups in total. The molecule has 5 atom stereocenters. The highest BCUT2D eigenvalue weighted by Gasteiger charge is 2.29. The van der Waals surface area contributed by atoms with Gasteiger partial charge in [-0.05, 0) is 135 Å². The molecule has 18 heteroatoms. The monoisotopic (exact) mass is 1510 g/mol. The molecule has 0 aromatic heterocycles. The van der Waals surface area contributed by atoms with Crippen molar-refractivity contribution in [2.45, 2.75) is 334 Å². The summed E-state index contributed by atoms with van der Waals surface area (Å²) in [6.07, 6.45) is 99.1. The number of esters is 3. The Labute approximate surface area is 638 Å². The molecule has 0 aromatic rings. The summed E-state index contributed by atoms with van der Waals surface area (Å²) in [5, 5.41) is 20.6. The number of hydrogen-bond donors (Lipinski definition) is 4. The number of carbonyl (C=O) groups is 3. The van der Waals surface area contributed by atoms with Gasteiger partial charge in [-0.1, -0.05) is 320 Å². The zero-order valence-electron chi connectivity index (χ0n) is 65.6. The van der Waals surface area contributed by atoms with Crippen LogP contribution in [-0.2, 0) is 55.8 Å². The van der Waals surface area contributed by atoms with E-state index in [1.807, 2.05) is 18.2 Å². The maximum atomic E-state index is 12.9. The van der Waals surface area contributed by atoms with Gasteiger partial charge >= 0.3 is 33.6 Å². The van der Waals surface area contributed by atoms with Gasteiger partial charge < -0.3 is 34.2 Å². The van der Waals surface area contributed by atoms with Crippen molar-refractivity contribution < 1.29 is 75.8 Å². The fourth-order valence-electron chi connectivity index (χ4n) is 10.6. The zero-order valence-corrected chi connectivity index (χ0v) is 67.4. The van der Waals surface area contributed by atoms with E-state index in [2.05, 4.69) is 161 Å². The number of hydrogen-bond acceptors (Lipinski definition) is 14. The summed E-state index contributed by atoms with van der Waals surface area (Å²) in [6, 6.07) is 0. The molecule has 0 heterocycles. The van der Waals surface area contributed by atoms with Crippen molar-refractivity contribution in [2.24, 2.45) is 0 Å². The van der Waals surface area contributed by atoms with Gasteiger partial charge in [0, 0.05) is 19.3 Å². The number of rotatable bonds is 76. The van der Waals surface area contributed by atoms with Crippen molar-refractivity contribution in [1.82, 2.24) is 0 Å². The molecule has 0 aliphatic rings. The third kappa shape index (κ3) is 80.0. The van der Waals surface area contributed by atoms with Crippen LogP contribution < -0.4 is 0 Å². The lowest BCUT2D eigenvalue weighted by molar-refractivity contribution is -0.161. The number of ether oxygens (including phenoxy) is 3. The Morgan fingerprint density at radius 3 is 0.857 bits per heavy atom. The molecule has 0 amide bonds. The number of phosphoric acid groups is 2. The normalized spacial score (nSPS) is 14.8. The van der Waals surface area contributed by atoms with Gasteiger partial charge in [0.25, 0.3) is 0 Å². The van der Waals surface area contributed by atoms with Crippen LogP contribution in [0.3, 0.4) is 0 Å². The highest BCUT2D eigenvalue weighted by Crippen LogP contribution is 2.45. The van der Waals surface area contributed by atoms with Crippen LogP contribution in [0.25, 0.3) is 0 Å². The van der Waals surface area contributed by atoms with Gasteiger partial charge in [-0.25, -0.2) is 9.13 Å². The lowest BCUT2D eigenvalue weighted by Gasteiger charge is -2.21. The summed E-state index contributed by atoms with van der Waals surface area (Å²) >= 11 is 0. The van der Waals surface area contributed by atoms with Crippen LogP contribution in [0.2, 0.25) is 0 Å². The molecule has 0 saturated carbocycles. The SMILES string of the molecule is CC/C=C\C/C=C\C/C=C\C/C=C\C/C=C\C/C=C\CCC(=O)OCC(COP(=O)(O)OCC(O)COP(=O)(O)OCC(O)COC(=O)CCCCCCCCCCCCCCCCCCCCC/C=C\C/C=C\C/C=C\C/C=C\CCCCC)OC(=O)CCCCCCC/C=C\C/C=C\C/C=C\CC. The smallest absolute Gasteiger partial charge is 0.463 e. The molecule has 0 rings (SSSR count). The molecule has 0 radical (unpaired) electrons. The number of phosphoric ester groups is 2. The van der Waals surface area contributed by atoms with E-state index in [0.717, 1.165) is 122 Å². The molecule has 0 spiro atoms. The molecule has 5 unspecified atom stereocenters. The van der Waals surface area contributed by atoms with Crippen molar-refractivity contribution in [3.63, 3.8) is 0 Å². The van der Waals surface area contributed by atoms with Crippen LogP contribution in [0.5, 0.6) is 0 Å². The minimum Gasteiger partial charge on any atom is -0.463 e. The van der Waals surface area contributed by atoms with Gasteiger partial charge in [0.05, 0.1) is 26.4 Å². The molecule has 0 bridgehead atoms. The van der Waals surface area contributed by atoms with Crippen LogP contribution in [0, 0.1) is 0 Å². The van der Waals surface area contributed by atoms with Gasteiger partial charge in [-0.3, -0.25) is 32.5 Å². The predicted octanol–water partition coefficient (Wildman–Crippen LogP) is 24.2. The molecule has 600 valence electrons. The van der Waals surface area contributed by atoms with E-state index in [-0.39, 0.29) is 19.3 Å². The van der Waals surface area contributed by atoms with Gasteiger partial charge in [-0.15, -0.1) is 0 Å². The Kier molecular flexibility index (Phi) is 75.1. The number of aliphatic hydroxyl groups excluding tert-OH is 2. The Morgan fingerprint density at radius 2 is 0.524 bits per heavy atom. The molecule has 0 aromatic carbocycles. The Bertz CT molecular complexity index is 2540. The maximum Gasteiger partial charge on any atom is 0.472 e. The van der Waals surface area contributed by atoms with Crippen molar-refractivity contribution in [2.75, 3.05) is 39.6 Å². The lowest BCUT2D eigenvalue weighted by Crippen LogP contribution is -2.30. The first-order valence-corrected chi connectivity index (χ1v) is 43.8. The van der Waals surface area contributed by atoms with Crippen molar-refractivity contribution in [3.8, 4) is 0 Å². The zero-order chi connectivity index (χ0) is 76.6. The van der Waals surface area contributed by atoms with Gasteiger partial charge in [0.2, 0.25) is 0 Å². The van der Waals surface area contributed by atoms with Crippen molar-refractivity contribution in [3.05, 3.63) is 158 Å². The fourth-order valence-corrected chi connectivity index (χ4v) is 12.2. The van der Waals surface area contributed by atoms with Gasteiger partial charge in [0.15, 0.2) is 6.10 Å². The molecular formula is C87H146O16P2. The first-order chi connectivity index (χ1) is 51.2. The quantitative estimate of drug-likeness (QED) is 0.0146.